The largest absolute Gasteiger partial charge is 0.486 e. The Morgan fingerprint density at radius 3 is 2.85 bits per heavy atom. The number of carbonyl (C=O) groups excluding carboxylic acids is 1. The Morgan fingerprint density at radius 2 is 2.08 bits per heavy atom. The molecule has 2 aromatic rings. The molecule has 0 N–H and O–H groups in total. The Labute approximate surface area is 153 Å². The number of rotatable bonds is 4. The number of likely N-dealkylation sites (tertiary alicyclic amines) is 1. The number of hydrogen-bond donors (Lipinski definition) is 0. The predicted octanol–water partition coefficient (Wildman–Crippen LogP) is 3.81. The summed E-state index contributed by atoms with van der Waals surface area (Å²) in [4.78, 5) is 15.0. The Hall–Kier alpha value is -2.27. The number of ether oxygens (including phenoxy) is 2. The van der Waals surface area contributed by atoms with E-state index in [0.717, 1.165) is 51.3 Å². The molecule has 1 aromatic carbocycles. The summed E-state index contributed by atoms with van der Waals surface area (Å²) in [7, 11) is 0. The standard InChI is InChI=1S/C21H25NO4/c1-16-3-5-17(6-4-16)26-13-19-18(7-11-25-19)20(23)22-10-2-8-21(14-22)9-12-24-15-21/h3-7,11H,2,8-10,12-15H2,1H3/t21-/m0/s1. The quantitative estimate of drug-likeness (QED) is 0.837. The number of amides is 1. The fourth-order valence-electron chi connectivity index (χ4n) is 3.95. The lowest BCUT2D eigenvalue weighted by atomic mass is 9.79. The van der Waals surface area contributed by atoms with Crippen LogP contribution in [0.25, 0.3) is 0 Å². The SMILES string of the molecule is Cc1ccc(OCc2occc2C(=O)N2CCC[C@]3(CCOC3)C2)cc1. The van der Waals surface area contributed by atoms with Gasteiger partial charge in [0.05, 0.1) is 18.4 Å². The van der Waals surface area contributed by atoms with Crippen molar-refractivity contribution in [2.45, 2.75) is 32.8 Å². The van der Waals surface area contributed by atoms with Crippen molar-refractivity contribution in [3.05, 3.63) is 53.5 Å². The smallest absolute Gasteiger partial charge is 0.257 e. The average Bonchev–Trinajstić information content (AvgIpc) is 3.30. The third-order valence-electron chi connectivity index (χ3n) is 5.50. The molecule has 26 heavy (non-hydrogen) atoms. The third kappa shape index (κ3) is 3.49. The minimum Gasteiger partial charge on any atom is -0.486 e. The molecule has 5 heteroatoms. The van der Waals surface area contributed by atoms with Gasteiger partial charge in [-0.2, -0.15) is 0 Å². The van der Waals surface area contributed by atoms with E-state index in [1.165, 1.54) is 5.56 Å². The normalized spacial score (nSPS) is 22.7. The minimum absolute atomic E-state index is 0.0345. The molecule has 2 saturated heterocycles. The Morgan fingerprint density at radius 1 is 1.23 bits per heavy atom. The lowest BCUT2D eigenvalue weighted by Crippen LogP contribution is -2.46. The molecular formula is C21H25NO4. The van der Waals surface area contributed by atoms with E-state index in [-0.39, 0.29) is 17.9 Å². The lowest BCUT2D eigenvalue weighted by molar-refractivity contribution is 0.0459. The van der Waals surface area contributed by atoms with E-state index < -0.39 is 0 Å². The summed E-state index contributed by atoms with van der Waals surface area (Å²) in [5.74, 6) is 1.38. The highest BCUT2D eigenvalue weighted by molar-refractivity contribution is 5.95. The Bertz CT molecular complexity index is 759. The molecule has 5 nitrogen and oxygen atoms in total. The Balaban J connectivity index is 1.43. The summed E-state index contributed by atoms with van der Waals surface area (Å²) in [5.41, 5.74) is 1.94. The number of benzene rings is 1. The summed E-state index contributed by atoms with van der Waals surface area (Å²) in [6, 6.07) is 9.60. The Kier molecular flexibility index (Phi) is 4.72. The van der Waals surface area contributed by atoms with Gasteiger partial charge in [-0.05, 0) is 44.4 Å². The van der Waals surface area contributed by atoms with E-state index in [2.05, 4.69) is 0 Å². The van der Waals surface area contributed by atoms with Crippen molar-refractivity contribution >= 4 is 5.91 Å². The zero-order valence-corrected chi connectivity index (χ0v) is 15.2. The lowest BCUT2D eigenvalue weighted by Gasteiger charge is -2.39. The van der Waals surface area contributed by atoms with Gasteiger partial charge in [0.2, 0.25) is 0 Å². The monoisotopic (exact) mass is 355 g/mol. The van der Waals surface area contributed by atoms with Gasteiger partial charge in [-0.3, -0.25) is 4.79 Å². The highest BCUT2D eigenvalue weighted by atomic mass is 16.5. The molecule has 1 aromatic heterocycles. The average molecular weight is 355 g/mol. The molecule has 0 unspecified atom stereocenters. The van der Waals surface area contributed by atoms with Crippen molar-refractivity contribution in [2.75, 3.05) is 26.3 Å². The van der Waals surface area contributed by atoms with Crippen LogP contribution in [0.2, 0.25) is 0 Å². The van der Waals surface area contributed by atoms with Gasteiger partial charge in [0.15, 0.2) is 5.76 Å². The predicted molar refractivity (Wildman–Crippen MR) is 97.2 cm³/mol. The summed E-state index contributed by atoms with van der Waals surface area (Å²) < 4.78 is 16.9. The number of piperidine rings is 1. The molecule has 2 aliphatic rings. The van der Waals surface area contributed by atoms with Crippen LogP contribution in [0.5, 0.6) is 5.75 Å². The second kappa shape index (κ2) is 7.16. The van der Waals surface area contributed by atoms with E-state index in [1.807, 2.05) is 36.1 Å². The van der Waals surface area contributed by atoms with Crippen LogP contribution in [0.4, 0.5) is 0 Å². The second-order valence-corrected chi connectivity index (χ2v) is 7.49. The molecule has 1 atom stereocenters. The molecular weight excluding hydrogens is 330 g/mol. The zero-order chi connectivity index (χ0) is 18.0. The van der Waals surface area contributed by atoms with Gasteiger partial charge in [-0.25, -0.2) is 0 Å². The van der Waals surface area contributed by atoms with Crippen LogP contribution in [0, 0.1) is 12.3 Å². The highest BCUT2D eigenvalue weighted by Gasteiger charge is 2.40. The molecule has 0 saturated carbocycles. The van der Waals surface area contributed by atoms with Crippen molar-refractivity contribution < 1.29 is 18.7 Å². The summed E-state index contributed by atoms with van der Waals surface area (Å²) in [5, 5.41) is 0. The molecule has 1 spiro atoms. The van der Waals surface area contributed by atoms with E-state index in [4.69, 9.17) is 13.9 Å². The molecule has 0 aliphatic carbocycles. The van der Waals surface area contributed by atoms with E-state index in [1.54, 1.807) is 12.3 Å². The molecule has 4 rings (SSSR count). The van der Waals surface area contributed by atoms with Crippen molar-refractivity contribution in [1.29, 1.82) is 0 Å². The van der Waals surface area contributed by atoms with Crippen LogP contribution in [-0.4, -0.2) is 37.1 Å². The number of nitrogens with zero attached hydrogens (tertiary/aromatic N) is 1. The van der Waals surface area contributed by atoms with E-state index >= 15 is 0 Å². The first-order chi connectivity index (χ1) is 12.7. The highest BCUT2D eigenvalue weighted by Crippen LogP contribution is 2.38. The van der Waals surface area contributed by atoms with Gasteiger partial charge >= 0.3 is 0 Å². The summed E-state index contributed by atoms with van der Waals surface area (Å²) in [6.07, 6.45) is 4.79. The van der Waals surface area contributed by atoms with Gasteiger partial charge in [-0.1, -0.05) is 17.7 Å². The fourth-order valence-corrected chi connectivity index (χ4v) is 3.95. The van der Waals surface area contributed by atoms with Crippen LogP contribution in [0.1, 0.15) is 40.9 Å². The van der Waals surface area contributed by atoms with Crippen molar-refractivity contribution in [1.82, 2.24) is 4.90 Å². The molecule has 3 heterocycles. The first-order valence-corrected chi connectivity index (χ1v) is 9.28. The molecule has 0 radical (unpaired) electrons. The third-order valence-corrected chi connectivity index (χ3v) is 5.50. The van der Waals surface area contributed by atoms with Crippen molar-refractivity contribution in [2.24, 2.45) is 5.41 Å². The van der Waals surface area contributed by atoms with Crippen LogP contribution in [0.3, 0.4) is 0 Å². The van der Waals surface area contributed by atoms with Gasteiger partial charge in [0, 0.05) is 25.1 Å². The van der Waals surface area contributed by atoms with E-state index in [9.17, 15) is 4.79 Å². The maximum Gasteiger partial charge on any atom is 0.257 e. The van der Waals surface area contributed by atoms with Crippen molar-refractivity contribution in [3.8, 4) is 5.75 Å². The number of furan rings is 1. The zero-order valence-electron chi connectivity index (χ0n) is 15.2. The summed E-state index contributed by atoms with van der Waals surface area (Å²) in [6.45, 7) is 5.43. The molecule has 138 valence electrons. The number of carbonyl (C=O) groups is 1. The first-order valence-electron chi connectivity index (χ1n) is 9.28. The summed E-state index contributed by atoms with van der Waals surface area (Å²) >= 11 is 0. The molecule has 0 bridgehead atoms. The number of hydrogen-bond acceptors (Lipinski definition) is 4. The second-order valence-electron chi connectivity index (χ2n) is 7.49. The van der Waals surface area contributed by atoms with Crippen LogP contribution >= 0.6 is 0 Å². The molecule has 2 aliphatic heterocycles. The van der Waals surface area contributed by atoms with E-state index in [0.29, 0.717) is 11.3 Å². The minimum atomic E-state index is 0.0345. The van der Waals surface area contributed by atoms with Crippen LogP contribution < -0.4 is 4.74 Å². The topological polar surface area (TPSA) is 51.9 Å². The first kappa shape index (κ1) is 17.2. The fraction of sp³-hybridized carbons (Fsp3) is 0.476. The molecule has 2 fully saturated rings. The van der Waals surface area contributed by atoms with Crippen LogP contribution in [0.15, 0.2) is 41.0 Å². The number of aryl methyl sites for hydroxylation is 1. The van der Waals surface area contributed by atoms with Crippen LogP contribution in [-0.2, 0) is 11.3 Å². The van der Waals surface area contributed by atoms with Crippen molar-refractivity contribution in [3.63, 3.8) is 0 Å². The molecule has 1 amide bonds. The maximum atomic E-state index is 13.0. The van der Waals surface area contributed by atoms with Gasteiger partial charge in [0.1, 0.15) is 12.4 Å². The van der Waals surface area contributed by atoms with Gasteiger partial charge in [-0.15, -0.1) is 0 Å². The maximum absolute atomic E-state index is 13.0. The van der Waals surface area contributed by atoms with Gasteiger partial charge < -0.3 is 18.8 Å². The van der Waals surface area contributed by atoms with Gasteiger partial charge in [0.25, 0.3) is 5.91 Å².